The Balaban J connectivity index is 2.07. The Morgan fingerprint density at radius 1 is 1.47 bits per heavy atom. The first-order valence-corrected chi connectivity index (χ1v) is 7.56. The third-order valence-corrected chi connectivity index (χ3v) is 4.67. The van der Waals surface area contributed by atoms with E-state index in [4.69, 9.17) is 22.1 Å². The lowest BCUT2D eigenvalue weighted by Crippen LogP contribution is -2.31. The summed E-state index contributed by atoms with van der Waals surface area (Å²) < 4.78 is 7.00. The van der Waals surface area contributed by atoms with Crippen molar-refractivity contribution in [2.75, 3.05) is 0 Å². The van der Waals surface area contributed by atoms with Crippen LogP contribution in [0.3, 0.4) is 0 Å². The molecule has 0 spiro atoms. The van der Waals surface area contributed by atoms with Crippen LogP contribution in [-0.2, 0) is 4.74 Å². The van der Waals surface area contributed by atoms with E-state index in [0.717, 1.165) is 15.6 Å². The molecule has 1 aromatic heterocycles. The topological polar surface area (TPSA) is 35.2 Å². The molecule has 0 radical (unpaired) electrons. The molecule has 0 aliphatic heterocycles. The predicted octanol–water partition coefficient (Wildman–Crippen LogP) is 4.14. The summed E-state index contributed by atoms with van der Waals surface area (Å²) in [6, 6.07) is 4.03. The molecule has 96 valence electrons. The zero-order valence-electron chi connectivity index (χ0n) is 10.2. The summed E-state index contributed by atoms with van der Waals surface area (Å²) >= 11 is 7.57. The first-order valence-electron chi connectivity index (χ1n) is 6.37. The van der Waals surface area contributed by atoms with E-state index in [1.54, 1.807) is 11.3 Å². The van der Waals surface area contributed by atoms with Gasteiger partial charge in [0.05, 0.1) is 10.4 Å². The third-order valence-electron chi connectivity index (χ3n) is 3.38. The zero-order valence-corrected chi connectivity index (χ0v) is 11.8. The van der Waals surface area contributed by atoms with E-state index in [0.29, 0.717) is 6.10 Å². The highest BCUT2D eigenvalue weighted by molar-refractivity contribution is 7.16. The summed E-state index contributed by atoms with van der Waals surface area (Å²) in [7, 11) is 0. The van der Waals surface area contributed by atoms with Crippen molar-refractivity contribution in [3.8, 4) is 0 Å². The monoisotopic (exact) mass is 273 g/mol. The minimum atomic E-state index is 0.0144. The Morgan fingerprint density at radius 3 is 2.71 bits per heavy atom. The van der Waals surface area contributed by atoms with E-state index in [-0.39, 0.29) is 12.1 Å². The van der Waals surface area contributed by atoms with Gasteiger partial charge in [-0.1, -0.05) is 31.4 Å². The molecular formula is C13H20ClNOS. The highest BCUT2D eigenvalue weighted by atomic mass is 35.5. The molecule has 0 saturated heterocycles. The molecule has 1 aliphatic rings. The van der Waals surface area contributed by atoms with Gasteiger partial charge in [0.15, 0.2) is 0 Å². The van der Waals surface area contributed by atoms with Crippen LogP contribution in [0.25, 0.3) is 0 Å². The average molecular weight is 274 g/mol. The van der Waals surface area contributed by atoms with E-state index >= 15 is 0 Å². The maximum Gasteiger partial charge on any atom is 0.107 e. The number of nitrogens with two attached hydrogens (primary N) is 1. The molecule has 2 nitrogen and oxygen atoms in total. The van der Waals surface area contributed by atoms with Gasteiger partial charge in [-0.05, 0) is 31.4 Å². The summed E-state index contributed by atoms with van der Waals surface area (Å²) in [5.74, 6) is 0. The van der Waals surface area contributed by atoms with Crippen LogP contribution in [0, 0.1) is 0 Å². The van der Waals surface area contributed by atoms with Gasteiger partial charge in [-0.2, -0.15) is 0 Å². The van der Waals surface area contributed by atoms with Gasteiger partial charge in [-0.3, -0.25) is 0 Å². The molecule has 2 N–H and O–H groups in total. The third kappa shape index (κ3) is 3.44. The van der Waals surface area contributed by atoms with E-state index in [1.807, 2.05) is 12.1 Å². The van der Waals surface area contributed by atoms with Gasteiger partial charge in [-0.25, -0.2) is 0 Å². The van der Waals surface area contributed by atoms with Crippen molar-refractivity contribution in [1.29, 1.82) is 0 Å². The Bertz CT molecular complexity index is 349. The lowest BCUT2D eigenvalue weighted by Gasteiger charge is -2.25. The van der Waals surface area contributed by atoms with Gasteiger partial charge in [0.2, 0.25) is 0 Å². The lowest BCUT2D eigenvalue weighted by atomic mass is 10.1. The molecule has 0 bridgehead atoms. The van der Waals surface area contributed by atoms with Crippen molar-refractivity contribution in [3.63, 3.8) is 0 Å². The smallest absolute Gasteiger partial charge is 0.107 e. The van der Waals surface area contributed by atoms with Crippen LogP contribution in [-0.4, -0.2) is 12.1 Å². The quantitative estimate of drug-likeness (QED) is 0.875. The summed E-state index contributed by atoms with van der Waals surface area (Å²) in [6.07, 6.45) is 6.23. The minimum Gasteiger partial charge on any atom is -0.368 e. The molecule has 1 saturated carbocycles. The molecular weight excluding hydrogens is 254 g/mol. The lowest BCUT2D eigenvalue weighted by molar-refractivity contribution is -0.0217. The number of thiophene rings is 1. The van der Waals surface area contributed by atoms with Gasteiger partial charge in [-0.15, -0.1) is 11.3 Å². The molecule has 1 heterocycles. The zero-order chi connectivity index (χ0) is 12.3. The van der Waals surface area contributed by atoms with Gasteiger partial charge < -0.3 is 10.5 Å². The van der Waals surface area contributed by atoms with E-state index < -0.39 is 0 Å². The largest absolute Gasteiger partial charge is 0.368 e. The highest BCUT2D eigenvalue weighted by Gasteiger charge is 2.26. The van der Waals surface area contributed by atoms with Crippen molar-refractivity contribution in [2.45, 2.75) is 57.3 Å². The Labute approximate surface area is 112 Å². The standard InChI is InChI=1S/C13H20ClNOS/c1-2-10(15)13(11-7-8-12(14)17-11)16-9-5-3-4-6-9/h7-10,13H,2-6,15H2,1H3. The molecule has 4 heteroatoms. The van der Waals surface area contributed by atoms with Crippen molar-refractivity contribution >= 4 is 22.9 Å². The Hall–Kier alpha value is -0.0900. The van der Waals surface area contributed by atoms with Gasteiger partial charge in [0.1, 0.15) is 6.10 Å². The van der Waals surface area contributed by atoms with E-state index in [2.05, 4.69) is 6.92 Å². The maximum atomic E-state index is 6.19. The Morgan fingerprint density at radius 2 is 2.18 bits per heavy atom. The van der Waals surface area contributed by atoms with Crippen molar-refractivity contribution < 1.29 is 4.74 Å². The van der Waals surface area contributed by atoms with Crippen molar-refractivity contribution in [2.24, 2.45) is 5.73 Å². The van der Waals surface area contributed by atoms with Crippen molar-refractivity contribution in [1.82, 2.24) is 0 Å². The van der Waals surface area contributed by atoms with Crippen LogP contribution in [0.5, 0.6) is 0 Å². The number of hydrogen-bond acceptors (Lipinski definition) is 3. The second-order valence-electron chi connectivity index (χ2n) is 4.68. The van der Waals surface area contributed by atoms with Crippen LogP contribution >= 0.6 is 22.9 Å². The minimum absolute atomic E-state index is 0.0144. The fraction of sp³-hybridized carbons (Fsp3) is 0.692. The van der Waals surface area contributed by atoms with Gasteiger partial charge in [0, 0.05) is 10.9 Å². The second-order valence-corrected chi connectivity index (χ2v) is 6.42. The Kier molecular flexibility index (Phi) is 4.86. The fourth-order valence-corrected chi connectivity index (χ4v) is 3.48. The average Bonchev–Trinajstić information content (AvgIpc) is 2.96. The van der Waals surface area contributed by atoms with Crippen LogP contribution < -0.4 is 5.73 Å². The molecule has 2 rings (SSSR count). The SMILES string of the molecule is CCC(N)C(OC1CCCC1)c1ccc(Cl)s1. The fourth-order valence-electron chi connectivity index (χ4n) is 2.31. The van der Waals surface area contributed by atoms with Gasteiger partial charge in [0.25, 0.3) is 0 Å². The predicted molar refractivity (Wildman–Crippen MR) is 73.7 cm³/mol. The maximum absolute atomic E-state index is 6.19. The second kappa shape index (κ2) is 6.19. The van der Waals surface area contributed by atoms with Crippen molar-refractivity contribution in [3.05, 3.63) is 21.3 Å². The number of ether oxygens (including phenoxy) is 1. The number of halogens is 1. The molecule has 0 aromatic carbocycles. The summed E-state index contributed by atoms with van der Waals surface area (Å²) in [6.45, 7) is 2.10. The van der Waals surface area contributed by atoms with Crippen LogP contribution in [0.4, 0.5) is 0 Å². The van der Waals surface area contributed by atoms with Crippen LogP contribution in [0.1, 0.15) is 50.0 Å². The molecule has 2 atom stereocenters. The highest BCUT2D eigenvalue weighted by Crippen LogP contribution is 2.35. The molecule has 17 heavy (non-hydrogen) atoms. The van der Waals surface area contributed by atoms with E-state index in [9.17, 15) is 0 Å². The van der Waals surface area contributed by atoms with Crippen LogP contribution in [0.2, 0.25) is 4.34 Å². The molecule has 0 amide bonds. The first-order chi connectivity index (χ1) is 8.20. The number of hydrogen-bond donors (Lipinski definition) is 1. The number of rotatable bonds is 5. The normalized spacial score (nSPS) is 20.6. The molecule has 2 unspecified atom stereocenters. The molecule has 1 aromatic rings. The van der Waals surface area contributed by atoms with Crippen LogP contribution in [0.15, 0.2) is 12.1 Å². The summed E-state index contributed by atoms with van der Waals surface area (Å²) in [4.78, 5) is 1.16. The molecule has 1 aliphatic carbocycles. The summed E-state index contributed by atoms with van der Waals surface area (Å²) in [5.41, 5.74) is 6.18. The first kappa shape index (κ1) is 13.3. The van der Waals surface area contributed by atoms with E-state index in [1.165, 1.54) is 25.7 Å². The molecule has 1 fully saturated rings. The summed E-state index contributed by atoms with van der Waals surface area (Å²) in [5, 5.41) is 0. The van der Waals surface area contributed by atoms with Gasteiger partial charge >= 0.3 is 0 Å².